The summed E-state index contributed by atoms with van der Waals surface area (Å²) in [6.07, 6.45) is 2.99. The Hall–Kier alpha value is -2.68. The fourth-order valence-electron chi connectivity index (χ4n) is 3.44. The molecule has 0 radical (unpaired) electrons. The van der Waals surface area contributed by atoms with Crippen LogP contribution in [0.15, 0.2) is 48.8 Å². The second-order valence-electron chi connectivity index (χ2n) is 7.01. The van der Waals surface area contributed by atoms with Gasteiger partial charge in [0, 0.05) is 48.9 Å². The number of amides is 1. The van der Waals surface area contributed by atoms with Crippen LogP contribution in [0, 0.1) is 12.7 Å². The van der Waals surface area contributed by atoms with Crippen LogP contribution in [-0.4, -0.2) is 40.4 Å². The number of thiazole rings is 1. The lowest BCUT2D eigenvalue weighted by molar-refractivity contribution is 0.102. The van der Waals surface area contributed by atoms with Gasteiger partial charge in [-0.15, -0.1) is 11.3 Å². The van der Waals surface area contributed by atoms with Crippen LogP contribution in [0.1, 0.15) is 32.5 Å². The van der Waals surface area contributed by atoms with Crippen molar-refractivity contribution in [1.82, 2.24) is 20.2 Å². The van der Waals surface area contributed by atoms with Crippen molar-refractivity contribution in [2.75, 3.05) is 25.0 Å². The molecule has 1 atom stereocenters. The number of hydrogen-bond donors (Lipinski definition) is 2. The van der Waals surface area contributed by atoms with Crippen molar-refractivity contribution in [3.8, 4) is 0 Å². The first kappa shape index (κ1) is 19.6. The number of hydrogen-bond acceptors (Lipinski definition) is 6. The van der Waals surface area contributed by atoms with E-state index in [1.807, 2.05) is 25.1 Å². The number of pyridine rings is 1. The van der Waals surface area contributed by atoms with E-state index in [9.17, 15) is 9.18 Å². The van der Waals surface area contributed by atoms with E-state index in [0.29, 0.717) is 17.2 Å². The van der Waals surface area contributed by atoms with E-state index in [4.69, 9.17) is 0 Å². The van der Waals surface area contributed by atoms with Gasteiger partial charge >= 0.3 is 0 Å². The summed E-state index contributed by atoms with van der Waals surface area (Å²) in [6, 6.07) is 10.9. The molecule has 1 amide bonds. The van der Waals surface area contributed by atoms with E-state index in [1.165, 1.54) is 23.6 Å². The maximum atomic E-state index is 13.2. The van der Waals surface area contributed by atoms with Crippen LogP contribution < -0.4 is 10.6 Å². The monoisotopic (exact) mass is 411 g/mol. The Morgan fingerprint density at radius 2 is 2.21 bits per heavy atom. The molecule has 3 aromatic rings. The fraction of sp³-hybridized carbons (Fsp3) is 0.286. The predicted octanol–water partition coefficient (Wildman–Crippen LogP) is 3.38. The molecule has 1 aliphatic heterocycles. The van der Waals surface area contributed by atoms with Gasteiger partial charge in [0.1, 0.15) is 5.82 Å². The second-order valence-corrected chi connectivity index (χ2v) is 8.25. The third-order valence-corrected chi connectivity index (χ3v) is 5.71. The lowest BCUT2D eigenvalue weighted by Crippen LogP contribution is -2.45. The second kappa shape index (κ2) is 8.77. The summed E-state index contributed by atoms with van der Waals surface area (Å²) in [4.78, 5) is 24.4. The number of carbonyl (C=O) groups is 1. The number of halogens is 1. The summed E-state index contributed by atoms with van der Waals surface area (Å²) in [5, 5.41) is 6.88. The van der Waals surface area contributed by atoms with Crippen molar-refractivity contribution in [2.24, 2.45) is 0 Å². The molecule has 4 rings (SSSR count). The lowest BCUT2D eigenvalue weighted by atomic mass is 10.00. The van der Waals surface area contributed by atoms with Crippen LogP contribution in [0.5, 0.6) is 0 Å². The Balaban J connectivity index is 1.51. The topological polar surface area (TPSA) is 70.2 Å². The highest BCUT2D eigenvalue weighted by Crippen LogP contribution is 2.25. The number of carbonyl (C=O) groups excluding carboxylic acids is 1. The summed E-state index contributed by atoms with van der Waals surface area (Å²) in [6.45, 7) is 5.08. The zero-order valence-corrected chi connectivity index (χ0v) is 16.9. The maximum absolute atomic E-state index is 13.2. The SMILES string of the molecule is Cc1cnc(NC(=O)c2cccc(C3CNCCN3Cc3ccc(F)cn3)c2)s1. The first-order valence-corrected chi connectivity index (χ1v) is 10.3. The van der Waals surface area contributed by atoms with Gasteiger partial charge in [0.2, 0.25) is 0 Å². The van der Waals surface area contributed by atoms with Gasteiger partial charge in [-0.25, -0.2) is 9.37 Å². The van der Waals surface area contributed by atoms with E-state index in [-0.39, 0.29) is 17.8 Å². The van der Waals surface area contributed by atoms with Gasteiger partial charge in [-0.05, 0) is 36.8 Å². The summed E-state index contributed by atoms with van der Waals surface area (Å²) in [7, 11) is 0. The molecule has 0 saturated carbocycles. The summed E-state index contributed by atoms with van der Waals surface area (Å²) >= 11 is 1.45. The highest BCUT2D eigenvalue weighted by molar-refractivity contribution is 7.15. The van der Waals surface area contributed by atoms with Gasteiger partial charge in [0.15, 0.2) is 5.13 Å². The van der Waals surface area contributed by atoms with E-state index in [1.54, 1.807) is 18.3 Å². The zero-order valence-electron chi connectivity index (χ0n) is 16.1. The molecule has 1 aliphatic rings. The molecule has 8 heteroatoms. The van der Waals surface area contributed by atoms with Crippen molar-refractivity contribution in [3.63, 3.8) is 0 Å². The first-order valence-electron chi connectivity index (χ1n) is 9.47. The van der Waals surface area contributed by atoms with Crippen molar-refractivity contribution in [3.05, 3.63) is 76.3 Å². The maximum Gasteiger partial charge on any atom is 0.257 e. The average molecular weight is 412 g/mol. The number of anilines is 1. The molecule has 0 aliphatic carbocycles. The average Bonchev–Trinajstić information content (AvgIpc) is 3.15. The minimum atomic E-state index is -0.334. The number of benzene rings is 1. The summed E-state index contributed by atoms with van der Waals surface area (Å²) in [5.74, 6) is -0.503. The van der Waals surface area contributed by atoms with Crippen LogP contribution in [0.25, 0.3) is 0 Å². The molecule has 29 heavy (non-hydrogen) atoms. The van der Waals surface area contributed by atoms with E-state index >= 15 is 0 Å². The highest BCUT2D eigenvalue weighted by atomic mass is 32.1. The Kier molecular flexibility index (Phi) is 5.94. The highest BCUT2D eigenvalue weighted by Gasteiger charge is 2.25. The van der Waals surface area contributed by atoms with Crippen molar-refractivity contribution in [2.45, 2.75) is 19.5 Å². The van der Waals surface area contributed by atoms with Gasteiger partial charge in [0.05, 0.1) is 11.9 Å². The number of rotatable bonds is 5. The van der Waals surface area contributed by atoms with Gasteiger partial charge in [-0.3, -0.25) is 20.0 Å². The van der Waals surface area contributed by atoms with E-state index in [2.05, 4.69) is 25.5 Å². The molecule has 0 bridgehead atoms. The van der Waals surface area contributed by atoms with Crippen LogP contribution in [0.4, 0.5) is 9.52 Å². The number of aryl methyl sites for hydroxylation is 1. The molecule has 2 N–H and O–H groups in total. The van der Waals surface area contributed by atoms with Gasteiger partial charge in [0.25, 0.3) is 5.91 Å². The van der Waals surface area contributed by atoms with Crippen molar-refractivity contribution >= 4 is 22.4 Å². The molecule has 2 aromatic heterocycles. The fourth-order valence-corrected chi connectivity index (χ4v) is 4.10. The number of nitrogens with one attached hydrogen (secondary N) is 2. The molecule has 1 saturated heterocycles. The Morgan fingerprint density at radius 1 is 1.31 bits per heavy atom. The summed E-state index contributed by atoms with van der Waals surface area (Å²) in [5.41, 5.74) is 2.48. The Labute approximate surface area is 172 Å². The summed E-state index contributed by atoms with van der Waals surface area (Å²) < 4.78 is 13.2. The number of piperazine rings is 1. The molecular weight excluding hydrogens is 389 g/mol. The zero-order chi connectivity index (χ0) is 20.2. The molecule has 1 unspecified atom stereocenters. The van der Waals surface area contributed by atoms with Gasteiger partial charge < -0.3 is 5.32 Å². The molecule has 150 valence electrons. The normalized spacial score (nSPS) is 17.2. The molecule has 0 spiro atoms. The standard InChI is InChI=1S/C21H22FN5OS/c1-14-10-25-21(29-14)26-20(28)16-4-2-3-15(9-16)19-12-23-7-8-27(19)13-18-6-5-17(22)11-24-18/h2-6,9-11,19,23H,7-8,12-13H2,1H3,(H,25,26,28). The molecule has 1 aromatic carbocycles. The molecule has 6 nitrogen and oxygen atoms in total. The van der Waals surface area contributed by atoms with Gasteiger partial charge in [-0.2, -0.15) is 0 Å². The smallest absolute Gasteiger partial charge is 0.257 e. The third kappa shape index (κ3) is 4.84. The number of nitrogens with zero attached hydrogens (tertiary/aromatic N) is 3. The Bertz CT molecular complexity index is 991. The van der Waals surface area contributed by atoms with Crippen LogP contribution in [0.2, 0.25) is 0 Å². The van der Waals surface area contributed by atoms with Gasteiger partial charge in [-0.1, -0.05) is 12.1 Å². The molecule has 1 fully saturated rings. The largest absolute Gasteiger partial charge is 0.314 e. The third-order valence-electron chi connectivity index (χ3n) is 4.88. The molecular formula is C21H22FN5OS. The van der Waals surface area contributed by atoms with Crippen LogP contribution in [-0.2, 0) is 6.54 Å². The van der Waals surface area contributed by atoms with Crippen LogP contribution >= 0.6 is 11.3 Å². The molecule has 3 heterocycles. The predicted molar refractivity (Wildman–Crippen MR) is 111 cm³/mol. The minimum absolute atomic E-state index is 0.102. The lowest BCUT2D eigenvalue weighted by Gasteiger charge is -2.36. The van der Waals surface area contributed by atoms with Crippen molar-refractivity contribution in [1.29, 1.82) is 0 Å². The van der Waals surface area contributed by atoms with E-state index in [0.717, 1.165) is 35.8 Å². The van der Waals surface area contributed by atoms with Crippen LogP contribution in [0.3, 0.4) is 0 Å². The van der Waals surface area contributed by atoms with E-state index < -0.39 is 0 Å². The first-order chi connectivity index (χ1) is 14.1. The minimum Gasteiger partial charge on any atom is -0.314 e. The van der Waals surface area contributed by atoms with Crippen molar-refractivity contribution < 1.29 is 9.18 Å². The Morgan fingerprint density at radius 3 is 2.97 bits per heavy atom. The quantitative estimate of drug-likeness (QED) is 0.674. The number of aromatic nitrogens is 2.